The van der Waals surface area contributed by atoms with Crippen LogP contribution in [0.4, 0.5) is 0 Å². The van der Waals surface area contributed by atoms with Crippen LogP contribution in [0, 0.1) is 14.3 Å². The molecule has 4 aromatic carbocycles. The summed E-state index contributed by atoms with van der Waals surface area (Å²) in [6.45, 7) is 34.4. The quantitative estimate of drug-likeness (QED) is 0.0299. The molecular weight excluding hydrogens is 1360 g/mol. The van der Waals surface area contributed by atoms with E-state index in [2.05, 4.69) is 48.9 Å². The third-order valence-electron chi connectivity index (χ3n) is 9.72. The molecule has 71 heavy (non-hydrogen) atoms. The van der Waals surface area contributed by atoms with Crippen LogP contribution in [-0.2, 0) is 60.7 Å². The molecule has 0 aliphatic heterocycles. The van der Waals surface area contributed by atoms with E-state index >= 15 is 0 Å². The van der Waals surface area contributed by atoms with Crippen molar-refractivity contribution in [3.8, 4) is 23.0 Å². The zero-order valence-electron chi connectivity index (χ0n) is 42.0. The largest absolute Gasteiger partial charge is 0.507 e. The van der Waals surface area contributed by atoms with Gasteiger partial charge in [0.2, 0.25) is 0 Å². The van der Waals surface area contributed by atoms with E-state index < -0.39 is 29.1 Å². The first-order valence-electron chi connectivity index (χ1n) is 21.9. The third kappa shape index (κ3) is 22.6. The van der Waals surface area contributed by atoms with Gasteiger partial charge in [-0.3, -0.25) is 0 Å². The highest BCUT2D eigenvalue weighted by atomic mass is 127. The molecule has 3 unspecified atom stereocenters. The molecule has 4 rings (SSSR count). The number of carbonyl (C=O) groups is 4. The Balaban J connectivity index is 0.000000475. The van der Waals surface area contributed by atoms with Crippen molar-refractivity contribution in [2.45, 2.75) is 113 Å². The molecule has 4 aromatic rings. The van der Waals surface area contributed by atoms with Crippen LogP contribution < -0.4 is 4.74 Å². The molecule has 386 valence electrons. The predicted octanol–water partition coefficient (Wildman–Crippen LogP) is 13.9. The van der Waals surface area contributed by atoms with Crippen LogP contribution in [0.5, 0.6) is 23.0 Å². The second kappa shape index (κ2) is 30.7. The number of hydrogen-bond acceptors (Lipinski definition) is 13. The Kier molecular flexibility index (Phi) is 28.1. The first-order chi connectivity index (χ1) is 32.9. The zero-order chi connectivity index (χ0) is 54.6. The molecular formula is C54H64I4O13. The third-order valence-corrected chi connectivity index (χ3v) is 13.2. The van der Waals surface area contributed by atoms with E-state index in [9.17, 15) is 34.5 Å². The van der Waals surface area contributed by atoms with E-state index in [0.29, 0.717) is 35.3 Å². The fourth-order valence-electron chi connectivity index (χ4n) is 5.28. The van der Waals surface area contributed by atoms with Gasteiger partial charge >= 0.3 is 23.9 Å². The van der Waals surface area contributed by atoms with Gasteiger partial charge in [-0.05, 0) is 237 Å². The van der Waals surface area contributed by atoms with Crippen molar-refractivity contribution in [1.82, 2.24) is 0 Å². The molecule has 0 fully saturated rings. The van der Waals surface area contributed by atoms with Gasteiger partial charge in [0.1, 0.15) is 46.9 Å². The lowest BCUT2D eigenvalue weighted by Gasteiger charge is -2.29. The lowest BCUT2D eigenvalue weighted by atomic mass is 9.93. The van der Waals surface area contributed by atoms with Gasteiger partial charge in [-0.2, -0.15) is 0 Å². The minimum Gasteiger partial charge on any atom is -0.507 e. The molecule has 0 spiro atoms. The molecule has 0 aromatic heterocycles. The van der Waals surface area contributed by atoms with Gasteiger partial charge in [0.05, 0.1) is 14.3 Å². The summed E-state index contributed by atoms with van der Waals surface area (Å²) in [6, 6.07) is 21.1. The molecule has 0 amide bonds. The Labute approximate surface area is 473 Å². The predicted molar refractivity (Wildman–Crippen MR) is 310 cm³/mol. The maximum Gasteiger partial charge on any atom is 0.333 e. The second-order valence-corrected chi connectivity index (χ2v) is 21.2. The number of phenolic OH excluding ortho intramolecular Hbond substituents is 3. The average molecular weight is 1430 g/mol. The molecule has 0 heterocycles. The fourth-order valence-corrected chi connectivity index (χ4v) is 7.55. The summed E-state index contributed by atoms with van der Waals surface area (Å²) in [6.07, 6.45) is 0.00583. The number of carbonyl (C=O) groups excluding carboxylic acids is 4. The van der Waals surface area contributed by atoms with Crippen molar-refractivity contribution in [3.05, 3.63) is 158 Å². The SMILES string of the molecule is C=C(C)C(=O)OC(C)(C)c1ccc(O)c(I)c1.C=C(C)C(=O)OC(C)(CC)c1ccc(O)c(I)c1.C=C(C)C(=O)OC(C)c1ccc(O)c(I)c1.C=C(C)C(=O)OCc1ccc(OC(C)OCC)c(I)c1. The molecule has 3 N–H and O–H groups in total. The molecule has 0 bridgehead atoms. The summed E-state index contributed by atoms with van der Waals surface area (Å²) in [7, 11) is 0. The Morgan fingerprint density at radius 2 is 1.06 bits per heavy atom. The molecule has 0 saturated heterocycles. The molecule has 0 radical (unpaired) electrons. The Morgan fingerprint density at radius 3 is 1.51 bits per heavy atom. The van der Waals surface area contributed by atoms with E-state index in [-0.39, 0.29) is 42.2 Å². The van der Waals surface area contributed by atoms with Crippen LogP contribution in [0.15, 0.2) is 121 Å². The monoisotopic (exact) mass is 1430 g/mol. The van der Waals surface area contributed by atoms with Crippen molar-refractivity contribution in [2.24, 2.45) is 0 Å². The highest BCUT2D eigenvalue weighted by Crippen LogP contribution is 2.34. The number of benzene rings is 4. The first-order valence-corrected chi connectivity index (χ1v) is 26.2. The van der Waals surface area contributed by atoms with Crippen molar-refractivity contribution in [2.75, 3.05) is 6.61 Å². The van der Waals surface area contributed by atoms with Crippen molar-refractivity contribution < 1.29 is 62.9 Å². The lowest BCUT2D eigenvalue weighted by Crippen LogP contribution is -2.28. The maximum atomic E-state index is 11.7. The van der Waals surface area contributed by atoms with Crippen LogP contribution >= 0.6 is 90.4 Å². The zero-order valence-corrected chi connectivity index (χ0v) is 50.6. The maximum absolute atomic E-state index is 11.7. The van der Waals surface area contributed by atoms with E-state index in [0.717, 1.165) is 42.3 Å². The van der Waals surface area contributed by atoms with Crippen LogP contribution in [0.1, 0.15) is 111 Å². The van der Waals surface area contributed by atoms with Crippen molar-refractivity contribution >= 4 is 114 Å². The topological polar surface area (TPSA) is 184 Å². The number of aromatic hydroxyl groups is 3. The van der Waals surface area contributed by atoms with Crippen molar-refractivity contribution in [3.63, 3.8) is 0 Å². The minimum atomic E-state index is -0.746. The van der Waals surface area contributed by atoms with Gasteiger partial charge in [-0.15, -0.1) is 0 Å². The lowest BCUT2D eigenvalue weighted by molar-refractivity contribution is -0.155. The number of esters is 4. The molecule has 13 nitrogen and oxygen atoms in total. The Bertz CT molecular complexity index is 2550. The Hall–Kier alpha value is -4.20. The summed E-state index contributed by atoms with van der Waals surface area (Å²) >= 11 is 8.28. The normalized spacial score (nSPS) is 12.2. The summed E-state index contributed by atoms with van der Waals surface area (Å²) in [5.41, 5.74) is 3.50. The number of phenols is 3. The van der Waals surface area contributed by atoms with Gasteiger partial charge in [0.15, 0.2) is 6.29 Å². The van der Waals surface area contributed by atoms with Gasteiger partial charge in [0, 0.05) is 28.9 Å². The van der Waals surface area contributed by atoms with Gasteiger partial charge in [0.25, 0.3) is 0 Å². The van der Waals surface area contributed by atoms with Gasteiger partial charge in [-0.1, -0.05) is 57.5 Å². The number of ether oxygens (including phenoxy) is 6. The highest BCUT2D eigenvalue weighted by Gasteiger charge is 2.30. The van der Waals surface area contributed by atoms with Gasteiger partial charge < -0.3 is 43.7 Å². The molecule has 0 aliphatic carbocycles. The first kappa shape index (κ1) is 64.8. The Morgan fingerprint density at radius 1 is 0.592 bits per heavy atom. The fraction of sp³-hybridized carbons (Fsp3) is 0.333. The summed E-state index contributed by atoms with van der Waals surface area (Å²) in [5, 5.41) is 28.3. The summed E-state index contributed by atoms with van der Waals surface area (Å²) in [4.78, 5) is 45.8. The van der Waals surface area contributed by atoms with Crippen LogP contribution in [0.3, 0.4) is 0 Å². The standard InChI is InChI=1S/C15H19IO4.C14H17IO3.C13H15IO3.C12H13IO3/c1-5-18-11(4)20-14-7-6-12(8-13(14)16)9-19-15(17)10(2)3;1-5-14(4,18-13(17)9(2)3)10-6-7-12(16)11(15)8-10;1-8(2)12(16)17-13(3,4)9-5-6-11(15)10(14)7-9;1-7(2)12(15)16-8(3)9-4-5-11(14)10(13)6-9/h6-8,11H,2,5,9H2,1,3-4H3;6-8,16H,2,5H2,1,3-4H3;5-7,15H,1H2,2-4H3;4-6,8,14H,1H2,2-3H3. The number of halogens is 4. The molecule has 17 heteroatoms. The molecule has 0 saturated carbocycles. The average Bonchev–Trinajstić information content (AvgIpc) is 3.29. The molecule has 0 aliphatic rings. The van der Waals surface area contributed by atoms with Crippen LogP contribution in [0.2, 0.25) is 0 Å². The van der Waals surface area contributed by atoms with E-state index in [1.54, 1.807) is 97.0 Å². The summed E-state index contributed by atoms with van der Waals surface area (Å²) < 4.78 is 35.2. The van der Waals surface area contributed by atoms with Crippen LogP contribution in [-0.4, -0.2) is 52.1 Å². The van der Waals surface area contributed by atoms with E-state index in [1.165, 1.54) is 0 Å². The van der Waals surface area contributed by atoms with Crippen LogP contribution in [0.25, 0.3) is 0 Å². The van der Waals surface area contributed by atoms with Gasteiger partial charge in [-0.25, -0.2) is 19.2 Å². The smallest absolute Gasteiger partial charge is 0.333 e. The highest BCUT2D eigenvalue weighted by molar-refractivity contribution is 14.1. The van der Waals surface area contributed by atoms with E-state index in [4.69, 9.17) is 28.4 Å². The number of rotatable bonds is 17. The minimum absolute atomic E-state index is 0.219. The van der Waals surface area contributed by atoms with Crippen molar-refractivity contribution in [1.29, 1.82) is 0 Å². The van der Waals surface area contributed by atoms with E-state index in [1.807, 2.05) is 120 Å². The second-order valence-electron chi connectivity index (χ2n) is 16.6. The number of hydrogen-bond donors (Lipinski definition) is 3. The summed E-state index contributed by atoms with van der Waals surface area (Å²) in [5.74, 6) is -0.189. The molecule has 3 atom stereocenters.